The van der Waals surface area contributed by atoms with Gasteiger partial charge in [-0.05, 0) is 20.8 Å². The molecule has 1 amide bonds. The van der Waals surface area contributed by atoms with Gasteiger partial charge in [0.25, 0.3) is 0 Å². The monoisotopic (exact) mass is 282 g/mol. The molecule has 1 heterocycles. The Kier molecular flexibility index (Phi) is 6.13. The largest absolute Gasteiger partial charge is 0.374 e. The lowest BCUT2D eigenvalue weighted by Gasteiger charge is -2.27. The molecule has 0 atom stereocenters. The van der Waals surface area contributed by atoms with Crippen molar-refractivity contribution in [1.82, 2.24) is 9.97 Å². The van der Waals surface area contributed by atoms with Gasteiger partial charge in [-0.25, -0.2) is 15.8 Å². The number of hydrogen-bond donors (Lipinski definition) is 3. The fraction of sp³-hybridized carbons (Fsp3) is 0.583. The van der Waals surface area contributed by atoms with Crippen LogP contribution in [0.5, 0.6) is 0 Å². The van der Waals surface area contributed by atoms with Gasteiger partial charge in [-0.1, -0.05) is 0 Å². The minimum atomic E-state index is -0.425. The molecule has 0 saturated carbocycles. The Hall–Kier alpha value is -1.93. The van der Waals surface area contributed by atoms with Gasteiger partial charge in [0.1, 0.15) is 18.2 Å². The van der Waals surface area contributed by atoms with Crippen molar-refractivity contribution in [2.24, 2.45) is 11.6 Å². The number of hydrogen-bond acceptors (Lipinski definition) is 7. The van der Waals surface area contributed by atoms with Crippen molar-refractivity contribution in [3.8, 4) is 0 Å². The van der Waals surface area contributed by atoms with Crippen LogP contribution in [0, 0.1) is 0 Å². The van der Waals surface area contributed by atoms with Crippen LogP contribution >= 0.6 is 0 Å². The minimum absolute atomic E-state index is 0.0583. The van der Waals surface area contributed by atoms with E-state index in [-0.39, 0.29) is 19.2 Å². The molecule has 0 radical (unpaired) electrons. The van der Waals surface area contributed by atoms with E-state index in [1.165, 1.54) is 0 Å². The number of primary amides is 1. The number of carbonyl (C=O) groups is 1. The first-order valence-corrected chi connectivity index (χ1v) is 6.45. The minimum Gasteiger partial charge on any atom is -0.374 e. The number of nitrogens with zero attached hydrogens (tertiary/aromatic N) is 3. The van der Waals surface area contributed by atoms with E-state index in [9.17, 15) is 4.79 Å². The standard InChI is InChI=1S/C12H22N6O2/c1-4-20-7-11-15-10(17-14)5-12(16-11)18(8(2)3)6-9(13)19/h5,8H,4,6-7,14H2,1-3H3,(H2,13,19)(H,15,16,17). The summed E-state index contributed by atoms with van der Waals surface area (Å²) in [7, 11) is 0. The van der Waals surface area contributed by atoms with Crippen LogP contribution in [-0.4, -0.2) is 35.1 Å². The summed E-state index contributed by atoms with van der Waals surface area (Å²) in [6.45, 7) is 6.70. The highest BCUT2D eigenvalue weighted by atomic mass is 16.5. The Bertz CT molecular complexity index is 452. The Labute approximate surface area is 118 Å². The van der Waals surface area contributed by atoms with Gasteiger partial charge in [-0.15, -0.1) is 0 Å². The lowest BCUT2D eigenvalue weighted by molar-refractivity contribution is -0.116. The van der Waals surface area contributed by atoms with Crippen LogP contribution in [0.4, 0.5) is 11.6 Å². The number of nitrogen functional groups attached to an aromatic ring is 1. The number of anilines is 2. The van der Waals surface area contributed by atoms with Crippen LogP contribution in [0.15, 0.2) is 6.07 Å². The molecule has 0 unspecified atom stereocenters. The number of carbonyl (C=O) groups excluding carboxylic acids is 1. The molecule has 1 rings (SSSR count). The summed E-state index contributed by atoms with van der Waals surface area (Å²) in [5.41, 5.74) is 7.75. The second-order valence-electron chi connectivity index (χ2n) is 4.50. The molecule has 0 spiro atoms. The molecule has 112 valence electrons. The smallest absolute Gasteiger partial charge is 0.237 e. The lowest BCUT2D eigenvalue weighted by atomic mass is 10.3. The zero-order chi connectivity index (χ0) is 15.1. The number of amides is 1. The van der Waals surface area contributed by atoms with Crippen LogP contribution in [-0.2, 0) is 16.1 Å². The molecule has 1 aromatic rings. The van der Waals surface area contributed by atoms with Gasteiger partial charge in [0.15, 0.2) is 5.82 Å². The third kappa shape index (κ3) is 4.63. The molecule has 0 aliphatic rings. The molecule has 8 nitrogen and oxygen atoms in total. The van der Waals surface area contributed by atoms with Gasteiger partial charge in [0, 0.05) is 18.7 Å². The first-order chi connectivity index (χ1) is 9.47. The predicted octanol–water partition coefficient (Wildman–Crippen LogP) is -0.00120. The number of rotatable bonds is 8. The molecule has 0 aliphatic heterocycles. The van der Waals surface area contributed by atoms with E-state index in [0.717, 1.165) is 0 Å². The summed E-state index contributed by atoms with van der Waals surface area (Å²) in [4.78, 5) is 21.5. The second kappa shape index (κ2) is 7.61. The van der Waals surface area contributed by atoms with Gasteiger partial charge in [-0.2, -0.15) is 0 Å². The number of aromatic nitrogens is 2. The zero-order valence-corrected chi connectivity index (χ0v) is 12.1. The van der Waals surface area contributed by atoms with Crippen molar-refractivity contribution in [2.75, 3.05) is 23.5 Å². The molecule has 0 saturated heterocycles. The summed E-state index contributed by atoms with van der Waals surface area (Å²) in [5.74, 6) is 6.51. The Morgan fingerprint density at radius 3 is 2.70 bits per heavy atom. The van der Waals surface area contributed by atoms with Crippen molar-refractivity contribution < 1.29 is 9.53 Å². The number of nitrogens with one attached hydrogen (secondary N) is 1. The SMILES string of the molecule is CCOCc1nc(NN)cc(N(CC(N)=O)C(C)C)n1. The third-order valence-corrected chi connectivity index (χ3v) is 2.59. The van der Waals surface area contributed by atoms with E-state index in [1.807, 2.05) is 20.8 Å². The van der Waals surface area contributed by atoms with Crippen molar-refractivity contribution in [1.29, 1.82) is 0 Å². The number of nitrogens with two attached hydrogens (primary N) is 2. The van der Waals surface area contributed by atoms with Crippen LogP contribution < -0.4 is 21.9 Å². The normalized spacial score (nSPS) is 10.7. The van der Waals surface area contributed by atoms with E-state index in [1.54, 1.807) is 11.0 Å². The number of ether oxygens (including phenoxy) is 1. The van der Waals surface area contributed by atoms with Gasteiger partial charge in [-0.3, -0.25) is 4.79 Å². The first kappa shape index (κ1) is 16.1. The Morgan fingerprint density at radius 2 is 2.20 bits per heavy atom. The molecular weight excluding hydrogens is 260 g/mol. The van der Waals surface area contributed by atoms with Gasteiger partial charge in [0.05, 0.1) is 6.54 Å². The topological polar surface area (TPSA) is 119 Å². The highest BCUT2D eigenvalue weighted by Crippen LogP contribution is 2.18. The first-order valence-electron chi connectivity index (χ1n) is 6.45. The third-order valence-electron chi connectivity index (χ3n) is 2.59. The summed E-state index contributed by atoms with van der Waals surface area (Å²) in [6.07, 6.45) is 0. The average molecular weight is 282 g/mol. The van der Waals surface area contributed by atoms with Crippen LogP contribution in [0.2, 0.25) is 0 Å². The molecule has 0 aromatic carbocycles. The quantitative estimate of drug-likeness (QED) is 0.453. The maximum absolute atomic E-state index is 11.2. The highest BCUT2D eigenvalue weighted by molar-refractivity contribution is 5.79. The van der Waals surface area contributed by atoms with E-state index < -0.39 is 5.91 Å². The molecule has 0 bridgehead atoms. The predicted molar refractivity (Wildman–Crippen MR) is 76.8 cm³/mol. The second-order valence-corrected chi connectivity index (χ2v) is 4.50. The Balaban J connectivity index is 3.08. The average Bonchev–Trinajstić information content (AvgIpc) is 2.41. The zero-order valence-electron chi connectivity index (χ0n) is 12.1. The molecule has 5 N–H and O–H groups in total. The maximum atomic E-state index is 11.2. The van der Waals surface area contributed by atoms with Crippen LogP contribution in [0.1, 0.15) is 26.6 Å². The number of hydrazine groups is 1. The van der Waals surface area contributed by atoms with Crippen molar-refractivity contribution in [2.45, 2.75) is 33.4 Å². The molecule has 20 heavy (non-hydrogen) atoms. The fourth-order valence-electron chi connectivity index (χ4n) is 1.66. The maximum Gasteiger partial charge on any atom is 0.237 e. The molecular formula is C12H22N6O2. The van der Waals surface area contributed by atoms with Crippen LogP contribution in [0.3, 0.4) is 0 Å². The molecule has 0 fully saturated rings. The van der Waals surface area contributed by atoms with Crippen LogP contribution in [0.25, 0.3) is 0 Å². The summed E-state index contributed by atoms with van der Waals surface area (Å²) in [6, 6.07) is 1.72. The summed E-state index contributed by atoms with van der Waals surface area (Å²) in [5, 5.41) is 0. The van der Waals surface area contributed by atoms with E-state index >= 15 is 0 Å². The summed E-state index contributed by atoms with van der Waals surface area (Å²) >= 11 is 0. The summed E-state index contributed by atoms with van der Waals surface area (Å²) < 4.78 is 5.29. The van der Waals surface area contributed by atoms with Crippen molar-refractivity contribution in [3.05, 3.63) is 11.9 Å². The molecule has 8 heteroatoms. The van der Waals surface area contributed by atoms with Gasteiger partial charge >= 0.3 is 0 Å². The lowest BCUT2D eigenvalue weighted by Crippen LogP contribution is -2.39. The van der Waals surface area contributed by atoms with Gasteiger partial charge < -0.3 is 20.8 Å². The molecule has 1 aromatic heterocycles. The van der Waals surface area contributed by atoms with E-state index in [0.29, 0.717) is 24.1 Å². The van der Waals surface area contributed by atoms with Crippen molar-refractivity contribution in [3.63, 3.8) is 0 Å². The van der Waals surface area contributed by atoms with Crippen molar-refractivity contribution >= 4 is 17.5 Å². The van der Waals surface area contributed by atoms with E-state index in [4.69, 9.17) is 16.3 Å². The Morgan fingerprint density at radius 1 is 1.50 bits per heavy atom. The van der Waals surface area contributed by atoms with Gasteiger partial charge in [0.2, 0.25) is 5.91 Å². The molecule has 0 aliphatic carbocycles. The fourth-order valence-corrected chi connectivity index (χ4v) is 1.66. The van der Waals surface area contributed by atoms with E-state index in [2.05, 4.69) is 15.4 Å². The highest BCUT2D eigenvalue weighted by Gasteiger charge is 2.16.